The summed E-state index contributed by atoms with van der Waals surface area (Å²) in [6.07, 6.45) is 2.05. The number of nitrogens with one attached hydrogen (secondary N) is 2. The van der Waals surface area contributed by atoms with Gasteiger partial charge in [-0.15, -0.1) is 0 Å². The third-order valence-electron chi connectivity index (χ3n) is 1.92. The Bertz CT molecular complexity index is 327. The second-order valence-corrected chi connectivity index (χ2v) is 4.68. The average Bonchev–Trinajstić information content (AvgIpc) is 2.40. The summed E-state index contributed by atoms with van der Waals surface area (Å²) in [5.41, 5.74) is -3.40. The fraction of sp³-hybridized carbons (Fsp3) is 0.455. The molecule has 8 heteroatoms. The lowest BCUT2D eigenvalue weighted by Gasteiger charge is -2.21. The molecule has 0 fully saturated rings. The predicted octanol–water partition coefficient (Wildman–Crippen LogP) is 0.889. The van der Waals surface area contributed by atoms with E-state index in [1.807, 2.05) is 0 Å². The van der Waals surface area contributed by atoms with E-state index in [1.165, 1.54) is 0 Å². The van der Waals surface area contributed by atoms with E-state index in [2.05, 4.69) is 28.5 Å². The van der Waals surface area contributed by atoms with E-state index >= 15 is 0 Å². The van der Waals surface area contributed by atoms with Gasteiger partial charge in [-0.2, -0.15) is 8.78 Å². The highest BCUT2D eigenvalue weighted by molar-refractivity contribution is 8.00. The first-order valence-electron chi connectivity index (χ1n) is 5.26. The number of alkyl halides is 2. The van der Waals surface area contributed by atoms with Crippen LogP contribution in [0, 0.1) is 0 Å². The van der Waals surface area contributed by atoms with Crippen LogP contribution in [0.2, 0.25) is 0 Å². The van der Waals surface area contributed by atoms with E-state index in [1.54, 1.807) is 0 Å². The zero-order valence-corrected chi connectivity index (χ0v) is 11.3. The maximum atomic E-state index is 13.1. The summed E-state index contributed by atoms with van der Waals surface area (Å²) in [4.78, 5) is 22.0. The average molecular weight is 294 g/mol. The van der Waals surface area contributed by atoms with Gasteiger partial charge in [-0.05, 0) is 23.9 Å². The summed E-state index contributed by atoms with van der Waals surface area (Å²) >= 11 is 0.198. The Morgan fingerprint density at radius 1 is 1.26 bits per heavy atom. The van der Waals surface area contributed by atoms with Crippen molar-refractivity contribution in [2.24, 2.45) is 0 Å². The fourth-order valence-corrected chi connectivity index (χ4v) is 1.79. The summed E-state index contributed by atoms with van der Waals surface area (Å²) in [5.74, 6) is -0.970. The number of methoxy groups -OCH3 is 1. The SMILES string of the molecule is C=CC(=O)NCC(CNC(=O)C=C)SC(F)(F)OC. The molecule has 0 aromatic carbocycles. The molecule has 2 amide bonds. The normalized spacial score (nSPS) is 10.9. The molecule has 0 atom stereocenters. The van der Waals surface area contributed by atoms with Crippen LogP contribution in [0.5, 0.6) is 0 Å². The monoisotopic (exact) mass is 294 g/mol. The maximum absolute atomic E-state index is 13.1. The lowest BCUT2D eigenvalue weighted by Crippen LogP contribution is -2.39. The first-order chi connectivity index (χ1) is 8.84. The number of halogens is 2. The molecule has 0 unspecified atom stereocenters. The molecule has 0 aromatic heterocycles. The van der Waals surface area contributed by atoms with Gasteiger partial charge in [-0.3, -0.25) is 9.59 Å². The minimum atomic E-state index is -3.40. The van der Waals surface area contributed by atoms with Crippen molar-refractivity contribution in [2.75, 3.05) is 20.2 Å². The molecule has 5 nitrogen and oxygen atoms in total. The first-order valence-corrected chi connectivity index (χ1v) is 6.14. The molecule has 2 N–H and O–H groups in total. The third kappa shape index (κ3) is 8.33. The fourth-order valence-electron chi connectivity index (χ4n) is 0.971. The molecule has 108 valence electrons. The molecule has 0 rings (SSSR count). The first kappa shape index (κ1) is 17.6. The highest BCUT2D eigenvalue weighted by atomic mass is 32.2. The molecule has 0 aliphatic carbocycles. The van der Waals surface area contributed by atoms with Crippen molar-refractivity contribution in [3.63, 3.8) is 0 Å². The van der Waals surface area contributed by atoms with E-state index in [4.69, 9.17) is 0 Å². The molecular formula is C11H16F2N2O3S. The van der Waals surface area contributed by atoms with Gasteiger partial charge in [0.05, 0.1) is 0 Å². The van der Waals surface area contributed by atoms with Gasteiger partial charge in [-0.1, -0.05) is 13.2 Å². The van der Waals surface area contributed by atoms with Crippen LogP contribution in [-0.4, -0.2) is 42.7 Å². The molecule has 0 saturated carbocycles. The summed E-state index contributed by atoms with van der Waals surface area (Å²) in [5, 5.41) is 3.99. The van der Waals surface area contributed by atoms with Gasteiger partial charge < -0.3 is 15.4 Å². The highest BCUT2D eigenvalue weighted by Gasteiger charge is 2.33. The van der Waals surface area contributed by atoms with Crippen LogP contribution in [0.4, 0.5) is 8.78 Å². The molecule has 0 heterocycles. The molecule has 0 aliphatic heterocycles. The van der Waals surface area contributed by atoms with Crippen LogP contribution in [0.15, 0.2) is 25.3 Å². The molecule has 0 bridgehead atoms. The molecule has 0 aliphatic rings. The Balaban J connectivity index is 4.45. The van der Waals surface area contributed by atoms with Crippen molar-refractivity contribution in [3.8, 4) is 0 Å². The van der Waals surface area contributed by atoms with Gasteiger partial charge in [0.15, 0.2) is 0 Å². The van der Waals surface area contributed by atoms with Gasteiger partial charge in [0.1, 0.15) is 0 Å². The van der Waals surface area contributed by atoms with E-state index in [9.17, 15) is 18.4 Å². The number of rotatable bonds is 9. The minimum absolute atomic E-state index is 0.0636. The Morgan fingerprint density at radius 3 is 2.00 bits per heavy atom. The zero-order valence-electron chi connectivity index (χ0n) is 10.4. The van der Waals surface area contributed by atoms with Crippen molar-refractivity contribution in [1.82, 2.24) is 10.6 Å². The van der Waals surface area contributed by atoms with Crippen molar-refractivity contribution in [2.45, 2.75) is 10.7 Å². The van der Waals surface area contributed by atoms with Gasteiger partial charge >= 0.3 is 5.44 Å². The number of carbonyl (C=O) groups is 2. The Labute approximate surface area is 114 Å². The van der Waals surface area contributed by atoms with Gasteiger partial charge in [0.2, 0.25) is 11.8 Å². The molecule has 19 heavy (non-hydrogen) atoms. The lowest BCUT2D eigenvalue weighted by atomic mass is 10.4. The van der Waals surface area contributed by atoms with E-state index in [0.717, 1.165) is 19.3 Å². The number of thioether (sulfide) groups is 1. The van der Waals surface area contributed by atoms with Crippen LogP contribution in [-0.2, 0) is 14.3 Å². The van der Waals surface area contributed by atoms with Crippen molar-refractivity contribution >= 4 is 23.6 Å². The predicted molar refractivity (Wildman–Crippen MR) is 69.7 cm³/mol. The van der Waals surface area contributed by atoms with Crippen molar-refractivity contribution < 1.29 is 23.1 Å². The molecule has 0 spiro atoms. The third-order valence-corrected chi connectivity index (χ3v) is 3.03. The maximum Gasteiger partial charge on any atom is 0.408 e. The molecule has 0 radical (unpaired) electrons. The second kappa shape index (κ2) is 8.65. The number of hydrogen-bond donors (Lipinski definition) is 2. The largest absolute Gasteiger partial charge is 0.408 e. The van der Waals surface area contributed by atoms with Crippen LogP contribution < -0.4 is 10.6 Å². The van der Waals surface area contributed by atoms with Gasteiger partial charge in [0.25, 0.3) is 0 Å². The lowest BCUT2D eigenvalue weighted by molar-refractivity contribution is -0.141. The number of amides is 2. The quantitative estimate of drug-likeness (QED) is 0.489. The summed E-state index contributed by atoms with van der Waals surface area (Å²) in [6.45, 7) is 6.36. The van der Waals surface area contributed by atoms with Crippen LogP contribution in [0.3, 0.4) is 0 Å². The van der Waals surface area contributed by atoms with Crippen LogP contribution in [0.25, 0.3) is 0 Å². The minimum Gasteiger partial charge on any atom is -0.351 e. The van der Waals surface area contributed by atoms with Crippen molar-refractivity contribution in [3.05, 3.63) is 25.3 Å². The Morgan fingerprint density at radius 2 is 1.68 bits per heavy atom. The molecule has 0 aromatic rings. The van der Waals surface area contributed by atoms with Gasteiger partial charge in [-0.25, -0.2) is 0 Å². The number of ether oxygens (including phenoxy) is 1. The number of hydrogen-bond acceptors (Lipinski definition) is 4. The number of carbonyl (C=O) groups excluding carboxylic acids is 2. The molecule has 0 saturated heterocycles. The summed E-state index contributed by atoms with van der Waals surface area (Å²) in [7, 11) is 0.870. The van der Waals surface area contributed by atoms with Crippen molar-refractivity contribution in [1.29, 1.82) is 0 Å². The standard InChI is InChI=1S/C11H16F2N2O3S/c1-4-9(16)14-6-8(7-15-10(17)5-2)19-11(12,13)18-3/h4-5,8H,1-2,6-7H2,3H3,(H,14,16)(H,15,17). The van der Waals surface area contributed by atoms with Gasteiger partial charge in [0, 0.05) is 25.4 Å². The topological polar surface area (TPSA) is 67.4 Å². The van der Waals surface area contributed by atoms with E-state index in [0.29, 0.717) is 0 Å². The molecular weight excluding hydrogens is 278 g/mol. The summed E-state index contributed by atoms with van der Waals surface area (Å²) in [6, 6.07) is 0. The Hall–Kier alpha value is -1.41. The smallest absolute Gasteiger partial charge is 0.351 e. The highest BCUT2D eigenvalue weighted by Crippen LogP contribution is 2.32. The van der Waals surface area contributed by atoms with Crippen LogP contribution >= 0.6 is 11.8 Å². The second-order valence-electron chi connectivity index (χ2n) is 3.31. The Kier molecular flexibility index (Phi) is 8.01. The van der Waals surface area contributed by atoms with E-state index in [-0.39, 0.29) is 24.9 Å². The summed E-state index contributed by atoms with van der Waals surface area (Å²) < 4.78 is 30.2. The van der Waals surface area contributed by atoms with E-state index < -0.39 is 22.5 Å². The zero-order chi connectivity index (χ0) is 14.9. The van der Waals surface area contributed by atoms with Crippen LogP contribution in [0.1, 0.15) is 0 Å².